The molecule has 2 heterocycles. The zero-order valence-corrected chi connectivity index (χ0v) is 22.2. The maximum atomic E-state index is 12.8. The van der Waals surface area contributed by atoms with Crippen LogP contribution in [0.3, 0.4) is 0 Å². The summed E-state index contributed by atoms with van der Waals surface area (Å²) in [5.41, 5.74) is 4.26. The van der Waals surface area contributed by atoms with E-state index < -0.39 is 5.97 Å². The van der Waals surface area contributed by atoms with Gasteiger partial charge in [0, 0.05) is 22.3 Å². The van der Waals surface area contributed by atoms with Crippen LogP contribution in [0, 0.1) is 0 Å². The van der Waals surface area contributed by atoms with Crippen LogP contribution in [0.5, 0.6) is 11.5 Å². The molecule has 0 bridgehead atoms. The van der Waals surface area contributed by atoms with Crippen LogP contribution in [0.2, 0.25) is 0 Å². The van der Waals surface area contributed by atoms with Crippen molar-refractivity contribution in [3.05, 3.63) is 76.4 Å². The molecule has 2 aromatic carbocycles. The summed E-state index contributed by atoms with van der Waals surface area (Å²) < 4.78 is 14.4. The number of hydrogen-bond acceptors (Lipinski definition) is 5. The minimum Gasteiger partial charge on any atom is -0.493 e. The molecule has 0 amide bonds. The van der Waals surface area contributed by atoms with Gasteiger partial charge in [-0.25, -0.2) is 9.78 Å². The van der Waals surface area contributed by atoms with Crippen molar-refractivity contribution in [3.8, 4) is 22.8 Å². The number of halogens is 1. The number of anilines is 1. The van der Waals surface area contributed by atoms with Crippen LogP contribution in [0.4, 0.5) is 5.82 Å². The van der Waals surface area contributed by atoms with Crippen LogP contribution >= 0.6 is 15.9 Å². The van der Waals surface area contributed by atoms with Gasteiger partial charge in [-0.3, -0.25) is 4.40 Å². The number of aromatic nitrogens is 2. The Morgan fingerprint density at radius 2 is 1.83 bits per heavy atom. The molecule has 0 aliphatic heterocycles. The fourth-order valence-corrected chi connectivity index (χ4v) is 5.07. The fourth-order valence-electron chi connectivity index (χ4n) is 4.73. The van der Waals surface area contributed by atoms with Gasteiger partial charge in [0.05, 0.1) is 12.7 Å². The van der Waals surface area contributed by atoms with Gasteiger partial charge in [0.2, 0.25) is 0 Å². The van der Waals surface area contributed by atoms with Crippen molar-refractivity contribution in [3.63, 3.8) is 0 Å². The Morgan fingerprint density at radius 3 is 2.56 bits per heavy atom. The topological polar surface area (TPSA) is 64.9 Å². The third-order valence-corrected chi connectivity index (χ3v) is 7.24. The van der Waals surface area contributed by atoms with Crippen LogP contribution in [-0.2, 0) is 6.42 Å². The van der Waals surface area contributed by atoms with Crippen LogP contribution in [0.1, 0.15) is 54.9 Å². The predicted molar refractivity (Wildman–Crippen MR) is 146 cm³/mol. The number of carbonyl (C=O) groups excluding carboxylic acids is 1. The summed E-state index contributed by atoms with van der Waals surface area (Å²) in [6.45, 7) is 2.08. The molecule has 4 aromatic rings. The first kappa shape index (κ1) is 24.4. The van der Waals surface area contributed by atoms with Gasteiger partial charge < -0.3 is 14.8 Å². The van der Waals surface area contributed by atoms with Crippen molar-refractivity contribution >= 4 is 33.4 Å². The lowest BCUT2D eigenvalue weighted by molar-refractivity contribution is 0.0729. The number of benzene rings is 2. The maximum Gasteiger partial charge on any atom is 0.343 e. The summed E-state index contributed by atoms with van der Waals surface area (Å²) in [4.78, 5) is 17.7. The molecule has 5 rings (SSSR count). The smallest absolute Gasteiger partial charge is 0.343 e. The van der Waals surface area contributed by atoms with E-state index in [1.807, 2.05) is 42.6 Å². The van der Waals surface area contributed by atoms with Gasteiger partial charge in [-0.15, -0.1) is 0 Å². The molecule has 0 atom stereocenters. The lowest BCUT2D eigenvalue weighted by atomic mass is 9.95. The Kier molecular flexibility index (Phi) is 7.28. The number of ether oxygens (including phenoxy) is 2. The standard InChI is InChI=1S/C29H30BrN3O3/c1-3-19-9-11-20(12-10-19)29(34)36-24-15-13-21(17-25(24)35-2)27-28(31-23-7-5-4-6-8-23)33-18-22(30)14-16-26(33)32-27/h9-18,23,31H,3-8H2,1-2H3. The van der Waals surface area contributed by atoms with Gasteiger partial charge in [0.1, 0.15) is 17.2 Å². The minimum atomic E-state index is -0.416. The first-order valence-electron chi connectivity index (χ1n) is 12.5. The van der Waals surface area contributed by atoms with Gasteiger partial charge >= 0.3 is 5.97 Å². The van der Waals surface area contributed by atoms with Gasteiger partial charge in [-0.05, 0) is 83.2 Å². The number of methoxy groups -OCH3 is 1. The predicted octanol–water partition coefficient (Wildman–Crippen LogP) is 7.30. The van der Waals surface area contributed by atoms with E-state index in [2.05, 4.69) is 32.6 Å². The maximum absolute atomic E-state index is 12.8. The molecule has 0 radical (unpaired) electrons. The molecule has 1 aliphatic carbocycles. The molecule has 1 fully saturated rings. The van der Waals surface area contributed by atoms with E-state index in [1.165, 1.54) is 24.8 Å². The summed E-state index contributed by atoms with van der Waals surface area (Å²) in [7, 11) is 1.58. The Balaban J connectivity index is 1.47. The quantitative estimate of drug-likeness (QED) is 0.194. The summed E-state index contributed by atoms with van der Waals surface area (Å²) in [6, 6.07) is 17.5. The number of carbonyl (C=O) groups is 1. The Labute approximate surface area is 219 Å². The van der Waals surface area contributed by atoms with Crippen LogP contribution < -0.4 is 14.8 Å². The minimum absolute atomic E-state index is 0.374. The highest BCUT2D eigenvalue weighted by Gasteiger charge is 2.21. The van der Waals surface area contributed by atoms with Crippen molar-refractivity contribution in [1.82, 2.24) is 9.38 Å². The monoisotopic (exact) mass is 547 g/mol. The van der Waals surface area contributed by atoms with E-state index in [-0.39, 0.29) is 0 Å². The van der Waals surface area contributed by atoms with E-state index in [0.717, 1.165) is 46.5 Å². The Morgan fingerprint density at radius 1 is 1.06 bits per heavy atom. The van der Waals surface area contributed by atoms with E-state index in [0.29, 0.717) is 23.1 Å². The van der Waals surface area contributed by atoms with E-state index in [9.17, 15) is 4.79 Å². The second-order valence-electron chi connectivity index (χ2n) is 9.17. The molecular weight excluding hydrogens is 518 g/mol. The molecule has 186 valence electrons. The molecule has 36 heavy (non-hydrogen) atoms. The zero-order chi connectivity index (χ0) is 25.1. The van der Waals surface area contributed by atoms with Crippen molar-refractivity contribution in [2.24, 2.45) is 0 Å². The number of hydrogen-bond donors (Lipinski definition) is 1. The highest BCUT2D eigenvalue weighted by atomic mass is 79.9. The number of esters is 1. The average Bonchev–Trinajstić information content (AvgIpc) is 3.26. The molecule has 1 saturated carbocycles. The molecular formula is C29H30BrN3O3. The van der Waals surface area contributed by atoms with Gasteiger partial charge in [0.25, 0.3) is 0 Å². The SMILES string of the molecule is CCc1ccc(C(=O)Oc2ccc(-c3nc4ccc(Br)cn4c3NC3CCCCC3)cc2OC)cc1. The number of imidazole rings is 1. The summed E-state index contributed by atoms with van der Waals surface area (Å²) >= 11 is 3.59. The van der Waals surface area contributed by atoms with Crippen LogP contribution in [0.15, 0.2) is 65.3 Å². The first-order chi connectivity index (χ1) is 17.6. The molecule has 7 heteroatoms. The van der Waals surface area contributed by atoms with Crippen molar-refractivity contribution in [2.45, 2.75) is 51.5 Å². The molecule has 0 spiro atoms. The van der Waals surface area contributed by atoms with Gasteiger partial charge in [0.15, 0.2) is 11.5 Å². The molecule has 0 unspecified atom stereocenters. The first-order valence-corrected chi connectivity index (χ1v) is 13.3. The molecule has 2 aromatic heterocycles. The number of fused-ring (bicyclic) bond motifs is 1. The lowest BCUT2D eigenvalue weighted by Gasteiger charge is -2.24. The van der Waals surface area contributed by atoms with Gasteiger partial charge in [-0.2, -0.15) is 0 Å². The van der Waals surface area contributed by atoms with E-state index >= 15 is 0 Å². The van der Waals surface area contributed by atoms with Crippen molar-refractivity contribution < 1.29 is 14.3 Å². The Hall–Kier alpha value is -3.32. The molecule has 6 nitrogen and oxygen atoms in total. The van der Waals surface area contributed by atoms with Gasteiger partial charge in [-0.1, -0.05) is 38.3 Å². The average molecular weight is 548 g/mol. The highest BCUT2D eigenvalue weighted by Crippen LogP contribution is 2.37. The third kappa shape index (κ3) is 5.12. The third-order valence-electron chi connectivity index (χ3n) is 6.77. The number of pyridine rings is 1. The summed E-state index contributed by atoms with van der Waals surface area (Å²) in [5.74, 6) is 1.40. The highest BCUT2D eigenvalue weighted by molar-refractivity contribution is 9.10. The van der Waals surface area contributed by atoms with E-state index in [4.69, 9.17) is 14.5 Å². The number of aryl methyl sites for hydroxylation is 1. The Bertz CT molecular complexity index is 1370. The number of nitrogens with one attached hydrogen (secondary N) is 1. The molecule has 0 saturated heterocycles. The van der Waals surface area contributed by atoms with Crippen LogP contribution in [0.25, 0.3) is 16.9 Å². The van der Waals surface area contributed by atoms with Crippen molar-refractivity contribution in [2.75, 3.05) is 12.4 Å². The van der Waals surface area contributed by atoms with Crippen LogP contribution in [-0.4, -0.2) is 28.5 Å². The number of rotatable bonds is 7. The molecule has 1 N–H and O–H groups in total. The second kappa shape index (κ2) is 10.7. The molecule has 1 aliphatic rings. The normalized spacial score (nSPS) is 14.1. The number of nitrogens with zero attached hydrogens (tertiary/aromatic N) is 2. The summed E-state index contributed by atoms with van der Waals surface area (Å²) in [5, 5.41) is 3.77. The largest absolute Gasteiger partial charge is 0.493 e. The summed E-state index contributed by atoms with van der Waals surface area (Å²) in [6.07, 6.45) is 9.03. The van der Waals surface area contributed by atoms with E-state index in [1.54, 1.807) is 25.3 Å². The fraction of sp³-hybridized carbons (Fsp3) is 0.310. The lowest BCUT2D eigenvalue weighted by Crippen LogP contribution is -2.23. The zero-order valence-electron chi connectivity index (χ0n) is 20.6. The second-order valence-corrected chi connectivity index (χ2v) is 10.1. The van der Waals surface area contributed by atoms with Crippen molar-refractivity contribution in [1.29, 1.82) is 0 Å².